The smallest absolute Gasteiger partial charge is 0.246 e. The first-order valence-corrected chi connectivity index (χ1v) is 6.50. The fourth-order valence-corrected chi connectivity index (χ4v) is 1.79. The van der Waals surface area contributed by atoms with E-state index in [1.54, 1.807) is 25.2 Å². The van der Waals surface area contributed by atoms with E-state index in [1.807, 2.05) is 10.8 Å². The van der Waals surface area contributed by atoms with Crippen molar-refractivity contribution >= 4 is 11.8 Å². The maximum absolute atomic E-state index is 12.0. The minimum absolute atomic E-state index is 0.0315. The number of carbonyl (C=O) groups excluding carboxylic acids is 2. The largest absolute Gasteiger partial charge is 0.337 e. The Bertz CT molecular complexity index is 493. The van der Waals surface area contributed by atoms with Gasteiger partial charge in [0.1, 0.15) is 5.82 Å². The molecule has 1 aromatic rings. The number of amides is 2. The number of carbonyl (C=O) groups is 2. The van der Waals surface area contributed by atoms with Gasteiger partial charge in [-0.05, 0) is 19.9 Å². The number of imidazole rings is 1. The second-order valence-corrected chi connectivity index (χ2v) is 4.99. The van der Waals surface area contributed by atoms with Gasteiger partial charge in [0.05, 0.1) is 13.1 Å². The zero-order valence-corrected chi connectivity index (χ0v) is 12.5. The lowest BCUT2D eigenvalue weighted by Crippen LogP contribution is -2.38. The molecule has 6 heteroatoms. The van der Waals surface area contributed by atoms with Crippen molar-refractivity contribution in [1.82, 2.24) is 19.4 Å². The molecule has 6 nitrogen and oxygen atoms in total. The van der Waals surface area contributed by atoms with E-state index in [0.29, 0.717) is 12.6 Å². The van der Waals surface area contributed by atoms with Gasteiger partial charge in [-0.25, -0.2) is 4.98 Å². The van der Waals surface area contributed by atoms with Crippen LogP contribution in [0.2, 0.25) is 0 Å². The standard InChI is InChI=1S/C14H22N4O2/c1-6-13(19)17(5)10-14(20)16(4)9-12-15-7-8-18(12)11(2)3/h6-8,11H,1,9-10H2,2-5H3. The topological polar surface area (TPSA) is 58.4 Å². The van der Waals surface area contributed by atoms with E-state index in [1.165, 1.54) is 11.0 Å². The number of hydrogen-bond acceptors (Lipinski definition) is 3. The normalized spacial score (nSPS) is 10.4. The first kappa shape index (κ1) is 15.9. The Hall–Kier alpha value is -2.11. The Kier molecular flexibility index (Phi) is 5.49. The molecule has 0 fully saturated rings. The molecule has 0 bridgehead atoms. The average Bonchev–Trinajstić information content (AvgIpc) is 2.85. The molecule has 0 N–H and O–H groups in total. The number of likely N-dealkylation sites (N-methyl/N-ethyl adjacent to an activating group) is 2. The number of hydrogen-bond donors (Lipinski definition) is 0. The van der Waals surface area contributed by atoms with Crippen LogP contribution in [-0.4, -0.2) is 51.8 Å². The Morgan fingerprint density at radius 3 is 2.60 bits per heavy atom. The fourth-order valence-electron chi connectivity index (χ4n) is 1.79. The SMILES string of the molecule is C=CC(=O)N(C)CC(=O)N(C)Cc1nccn1C(C)C. The zero-order chi connectivity index (χ0) is 15.3. The molecule has 0 unspecified atom stereocenters. The maximum Gasteiger partial charge on any atom is 0.246 e. The lowest BCUT2D eigenvalue weighted by molar-refractivity contribution is -0.136. The second-order valence-electron chi connectivity index (χ2n) is 4.99. The van der Waals surface area contributed by atoms with Gasteiger partial charge in [-0.2, -0.15) is 0 Å². The molecule has 0 aliphatic heterocycles. The lowest BCUT2D eigenvalue weighted by atomic mass is 10.3. The molecular weight excluding hydrogens is 256 g/mol. The van der Waals surface area contributed by atoms with Crippen molar-refractivity contribution in [2.24, 2.45) is 0 Å². The van der Waals surface area contributed by atoms with Crippen LogP contribution >= 0.6 is 0 Å². The van der Waals surface area contributed by atoms with Crippen molar-refractivity contribution in [3.05, 3.63) is 30.9 Å². The summed E-state index contributed by atoms with van der Waals surface area (Å²) in [4.78, 5) is 30.6. The molecule has 2 amide bonds. The van der Waals surface area contributed by atoms with E-state index >= 15 is 0 Å². The molecule has 0 aliphatic rings. The zero-order valence-electron chi connectivity index (χ0n) is 12.5. The van der Waals surface area contributed by atoms with Gasteiger partial charge < -0.3 is 14.4 Å². The Balaban J connectivity index is 2.64. The van der Waals surface area contributed by atoms with Crippen LogP contribution in [0, 0.1) is 0 Å². The molecule has 0 radical (unpaired) electrons. The molecule has 0 aromatic carbocycles. The molecule has 0 saturated heterocycles. The van der Waals surface area contributed by atoms with Crippen LogP contribution in [0.4, 0.5) is 0 Å². The Morgan fingerprint density at radius 1 is 1.40 bits per heavy atom. The Labute approximate surface area is 119 Å². The van der Waals surface area contributed by atoms with Crippen LogP contribution in [0.1, 0.15) is 25.7 Å². The van der Waals surface area contributed by atoms with Crippen molar-refractivity contribution in [3.63, 3.8) is 0 Å². The van der Waals surface area contributed by atoms with Crippen LogP contribution in [-0.2, 0) is 16.1 Å². The second kappa shape index (κ2) is 6.88. The van der Waals surface area contributed by atoms with Crippen LogP contribution in [0.3, 0.4) is 0 Å². The highest BCUT2D eigenvalue weighted by Gasteiger charge is 2.16. The maximum atomic E-state index is 12.0. The molecule has 0 atom stereocenters. The molecule has 0 spiro atoms. The summed E-state index contributed by atoms with van der Waals surface area (Å²) < 4.78 is 2.02. The average molecular weight is 278 g/mol. The summed E-state index contributed by atoms with van der Waals surface area (Å²) in [5.74, 6) is 0.421. The highest BCUT2D eigenvalue weighted by atomic mass is 16.2. The Morgan fingerprint density at radius 2 is 2.05 bits per heavy atom. The van der Waals surface area contributed by atoms with Crippen LogP contribution in [0.5, 0.6) is 0 Å². The van der Waals surface area contributed by atoms with Crippen molar-refractivity contribution in [3.8, 4) is 0 Å². The molecule has 0 saturated carbocycles. The van der Waals surface area contributed by atoms with Gasteiger partial charge in [0.2, 0.25) is 11.8 Å². The van der Waals surface area contributed by atoms with Crippen molar-refractivity contribution in [2.45, 2.75) is 26.4 Å². The van der Waals surface area contributed by atoms with Gasteiger partial charge in [0.25, 0.3) is 0 Å². The van der Waals surface area contributed by atoms with E-state index in [0.717, 1.165) is 5.82 Å². The van der Waals surface area contributed by atoms with Gasteiger partial charge in [-0.3, -0.25) is 9.59 Å². The minimum atomic E-state index is -0.268. The van der Waals surface area contributed by atoms with Crippen LogP contribution in [0.15, 0.2) is 25.0 Å². The molecule has 1 aromatic heterocycles. The van der Waals surface area contributed by atoms with Crippen molar-refractivity contribution in [1.29, 1.82) is 0 Å². The summed E-state index contributed by atoms with van der Waals surface area (Å²) in [7, 11) is 3.28. The van der Waals surface area contributed by atoms with E-state index in [9.17, 15) is 9.59 Å². The molecule has 1 heterocycles. The van der Waals surface area contributed by atoms with Gasteiger partial charge in [-0.1, -0.05) is 6.58 Å². The minimum Gasteiger partial charge on any atom is -0.337 e. The summed E-state index contributed by atoms with van der Waals surface area (Å²) in [6, 6.07) is 0.293. The third-order valence-corrected chi connectivity index (χ3v) is 3.03. The van der Waals surface area contributed by atoms with Gasteiger partial charge >= 0.3 is 0 Å². The van der Waals surface area contributed by atoms with Crippen molar-refractivity contribution in [2.75, 3.05) is 20.6 Å². The number of nitrogens with zero attached hydrogens (tertiary/aromatic N) is 4. The van der Waals surface area contributed by atoms with E-state index in [-0.39, 0.29) is 18.4 Å². The molecule has 110 valence electrons. The third kappa shape index (κ3) is 3.94. The van der Waals surface area contributed by atoms with Gasteiger partial charge in [0, 0.05) is 32.5 Å². The van der Waals surface area contributed by atoms with Crippen molar-refractivity contribution < 1.29 is 9.59 Å². The molecule has 0 aliphatic carbocycles. The monoisotopic (exact) mass is 278 g/mol. The molecule has 20 heavy (non-hydrogen) atoms. The first-order valence-electron chi connectivity index (χ1n) is 6.50. The van der Waals surface area contributed by atoms with Gasteiger partial charge in [0.15, 0.2) is 0 Å². The highest BCUT2D eigenvalue weighted by molar-refractivity contribution is 5.90. The summed E-state index contributed by atoms with van der Waals surface area (Å²) in [5, 5.41) is 0. The van der Waals surface area contributed by atoms with E-state index in [4.69, 9.17) is 0 Å². The van der Waals surface area contributed by atoms with Gasteiger partial charge in [-0.15, -0.1) is 0 Å². The summed E-state index contributed by atoms with van der Waals surface area (Å²) in [6.45, 7) is 7.96. The highest BCUT2D eigenvalue weighted by Crippen LogP contribution is 2.09. The van der Waals surface area contributed by atoms with E-state index < -0.39 is 0 Å². The lowest BCUT2D eigenvalue weighted by Gasteiger charge is -2.22. The predicted molar refractivity (Wildman–Crippen MR) is 76.9 cm³/mol. The number of aromatic nitrogens is 2. The molecule has 1 rings (SSSR count). The fraction of sp³-hybridized carbons (Fsp3) is 0.500. The third-order valence-electron chi connectivity index (χ3n) is 3.03. The summed E-state index contributed by atoms with van der Waals surface area (Å²) in [5.41, 5.74) is 0. The first-order chi connectivity index (χ1) is 9.36. The van der Waals surface area contributed by atoms with E-state index in [2.05, 4.69) is 25.4 Å². The summed E-state index contributed by atoms with van der Waals surface area (Å²) in [6.07, 6.45) is 4.81. The summed E-state index contributed by atoms with van der Waals surface area (Å²) >= 11 is 0. The molecular formula is C14H22N4O2. The van der Waals surface area contributed by atoms with Crippen LogP contribution in [0.25, 0.3) is 0 Å². The number of rotatable bonds is 6. The predicted octanol–water partition coefficient (Wildman–Crippen LogP) is 1.07. The van der Waals surface area contributed by atoms with Crippen LogP contribution < -0.4 is 0 Å². The quantitative estimate of drug-likeness (QED) is 0.731.